The van der Waals surface area contributed by atoms with Gasteiger partial charge in [0.1, 0.15) is 12.0 Å². The normalized spacial score (nSPS) is 12.6. The summed E-state index contributed by atoms with van der Waals surface area (Å²) in [4.78, 5) is 10.5. The maximum atomic E-state index is 11.9. The van der Waals surface area contributed by atoms with Crippen molar-refractivity contribution in [3.63, 3.8) is 0 Å². The lowest BCUT2D eigenvalue weighted by Gasteiger charge is -2.09. The van der Waals surface area contributed by atoms with Crippen molar-refractivity contribution in [3.8, 4) is 5.75 Å². The number of halogens is 3. The molecule has 0 heterocycles. The topological polar surface area (TPSA) is 26.3 Å². The van der Waals surface area contributed by atoms with E-state index in [1.165, 1.54) is 18.2 Å². The molecule has 1 aromatic carbocycles. The minimum atomic E-state index is -2.91. The first-order valence-corrected chi connectivity index (χ1v) is 4.62. The SMILES string of the molecule is CC(C=O)c1ccc(OC(F)F)c(Cl)c1. The van der Waals surface area contributed by atoms with Gasteiger partial charge in [-0.05, 0) is 17.7 Å². The summed E-state index contributed by atoms with van der Waals surface area (Å²) >= 11 is 5.70. The van der Waals surface area contributed by atoms with Crippen LogP contribution in [-0.4, -0.2) is 12.9 Å². The lowest BCUT2D eigenvalue weighted by atomic mass is 10.0. The van der Waals surface area contributed by atoms with Gasteiger partial charge in [0.25, 0.3) is 0 Å². The molecule has 82 valence electrons. The van der Waals surface area contributed by atoms with Gasteiger partial charge in [0, 0.05) is 5.92 Å². The van der Waals surface area contributed by atoms with E-state index in [1.807, 2.05) is 0 Å². The summed E-state index contributed by atoms with van der Waals surface area (Å²) in [6.45, 7) is -1.22. The van der Waals surface area contributed by atoms with E-state index in [2.05, 4.69) is 4.74 Å². The zero-order valence-corrected chi connectivity index (χ0v) is 8.67. The molecule has 0 amide bonds. The Bertz CT molecular complexity index is 355. The Labute approximate surface area is 90.8 Å². The average Bonchev–Trinajstić information content (AvgIpc) is 2.19. The van der Waals surface area contributed by atoms with E-state index in [-0.39, 0.29) is 16.7 Å². The van der Waals surface area contributed by atoms with E-state index in [0.29, 0.717) is 5.56 Å². The number of hydrogen-bond donors (Lipinski definition) is 0. The molecule has 0 aliphatic carbocycles. The summed E-state index contributed by atoms with van der Waals surface area (Å²) in [7, 11) is 0. The van der Waals surface area contributed by atoms with Crippen LogP contribution in [0.15, 0.2) is 18.2 Å². The van der Waals surface area contributed by atoms with Gasteiger partial charge in [-0.15, -0.1) is 0 Å². The second-order valence-corrected chi connectivity index (χ2v) is 3.40. The number of alkyl halides is 2. The largest absolute Gasteiger partial charge is 0.433 e. The number of hydrogen-bond acceptors (Lipinski definition) is 2. The summed E-state index contributed by atoms with van der Waals surface area (Å²) in [6, 6.07) is 4.30. The van der Waals surface area contributed by atoms with Crippen LogP contribution in [0.5, 0.6) is 5.75 Å². The molecule has 1 rings (SSSR count). The molecule has 0 aromatic heterocycles. The third-order valence-corrected chi connectivity index (χ3v) is 2.20. The first kappa shape index (κ1) is 11.9. The molecule has 0 radical (unpaired) electrons. The number of carbonyl (C=O) groups excluding carboxylic acids is 1. The van der Waals surface area contributed by atoms with Crippen molar-refractivity contribution < 1.29 is 18.3 Å². The Morgan fingerprint density at radius 3 is 2.60 bits per heavy atom. The highest BCUT2D eigenvalue weighted by Gasteiger charge is 2.11. The molecule has 0 spiro atoms. The van der Waals surface area contributed by atoms with Crippen LogP contribution in [0.3, 0.4) is 0 Å². The molecule has 1 atom stereocenters. The summed E-state index contributed by atoms with van der Waals surface area (Å²) in [5, 5.41) is 0.0708. The maximum absolute atomic E-state index is 11.9. The standard InChI is InChI=1S/C10H9ClF2O2/c1-6(5-14)7-2-3-9(8(11)4-7)15-10(12)13/h2-6,10H,1H3. The predicted octanol–water partition coefficient (Wildman–Crippen LogP) is 3.24. The fourth-order valence-electron chi connectivity index (χ4n) is 1.07. The van der Waals surface area contributed by atoms with E-state index in [9.17, 15) is 13.6 Å². The highest BCUT2D eigenvalue weighted by atomic mass is 35.5. The lowest BCUT2D eigenvalue weighted by Crippen LogP contribution is -2.03. The van der Waals surface area contributed by atoms with Crippen molar-refractivity contribution in [3.05, 3.63) is 28.8 Å². The zero-order chi connectivity index (χ0) is 11.4. The van der Waals surface area contributed by atoms with Gasteiger partial charge in [0.15, 0.2) is 0 Å². The molecule has 5 heteroatoms. The monoisotopic (exact) mass is 234 g/mol. The molecular formula is C10H9ClF2O2. The van der Waals surface area contributed by atoms with Gasteiger partial charge in [0.2, 0.25) is 0 Å². The molecule has 0 aliphatic heterocycles. The van der Waals surface area contributed by atoms with Crippen molar-refractivity contribution in [1.29, 1.82) is 0 Å². The second-order valence-electron chi connectivity index (χ2n) is 2.99. The van der Waals surface area contributed by atoms with Crippen LogP contribution in [-0.2, 0) is 4.79 Å². The van der Waals surface area contributed by atoms with E-state index >= 15 is 0 Å². The zero-order valence-electron chi connectivity index (χ0n) is 7.91. The second kappa shape index (κ2) is 5.07. The van der Waals surface area contributed by atoms with Gasteiger partial charge in [-0.2, -0.15) is 8.78 Å². The van der Waals surface area contributed by atoms with Gasteiger partial charge in [-0.1, -0.05) is 24.6 Å². The fraction of sp³-hybridized carbons (Fsp3) is 0.300. The molecule has 15 heavy (non-hydrogen) atoms. The van der Waals surface area contributed by atoms with Crippen LogP contribution in [0.25, 0.3) is 0 Å². The smallest absolute Gasteiger partial charge is 0.387 e. The number of rotatable bonds is 4. The molecule has 0 aliphatic rings. The molecule has 0 N–H and O–H groups in total. The molecule has 0 fully saturated rings. The number of carbonyl (C=O) groups is 1. The summed E-state index contributed by atoms with van der Waals surface area (Å²) in [5.41, 5.74) is 0.664. The maximum Gasteiger partial charge on any atom is 0.387 e. The molecule has 0 saturated heterocycles. The molecule has 0 bridgehead atoms. The Morgan fingerprint density at radius 2 is 2.13 bits per heavy atom. The van der Waals surface area contributed by atoms with Crippen molar-refractivity contribution in [2.45, 2.75) is 19.5 Å². The Balaban J connectivity index is 2.92. The van der Waals surface area contributed by atoms with Crippen LogP contribution in [0.4, 0.5) is 8.78 Å². The summed E-state index contributed by atoms with van der Waals surface area (Å²) in [5.74, 6) is -0.406. The van der Waals surface area contributed by atoms with E-state index < -0.39 is 6.61 Å². The fourth-order valence-corrected chi connectivity index (χ4v) is 1.30. The first-order valence-electron chi connectivity index (χ1n) is 4.24. The quantitative estimate of drug-likeness (QED) is 0.748. The lowest BCUT2D eigenvalue weighted by molar-refractivity contribution is -0.108. The van der Waals surface area contributed by atoms with Gasteiger partial charge < -0.3 is 9.53 Å². The van der Waals surface area contributed by atoms with Crippen molar-refractivity contribution in [2.24, 2.45) is 0 Å². The average molecular weight is 235 g/mol. The summed E-state index contributed by atoms with van der Waals surface area (Å²) in [6.07, 6.45) is 0.749. The molecule has 1 aromatic rings. The van der Waals surface area contributed by atoms with Crippen LogP contribution in [0, 0.1) is 0 Å². The molecular weight excluding hydrogens is 226 g/mol. The van der Waals surface area contributed by atoms with E-state index in [0.717, 1.165) is 6.29 Å². The van der Waals surface area contributed by atoms with Crippen LogP contribution in [0.2, 0.25) is 5.02 Å². The van der Waals surface area contributed by atoms with Crippen LogP contribution < -0.4 is 4.74 Å². The minimum absolute atomic E-state index is 0.0708. The van der Waals surface area contributed by atoms with Gasteiger partial charge in [0.05, 0.1) is 5.02 Å². The van der Waals surface area contributed by atoms with Crippen molar-refractivity contribution in [2.75, 3.05) is 0 Å². The van der Waals surface area contributed by atoms with Gasteiger partial charge in [-0.25, -0.2) is 0 Å². The molecule has 0 saturated carbocycles. The molecule has 1 unspecified atom stereocenters. The molecule has 2 nitrogen and oxygen atoms in total. The first-order chi connectivity index (χ1) is 7.04. The Kier molecular flexibility index (Phi) is 4.03. The van der Waals surface area contributed by atoms with Gasteiger partial charge >= 0.3 is 6.61 Å². The van der Waals surface area contributed by atoms with E-state index in [4.69, 9.17) is 11.6 Å². The Hall–Kier alpha value is -1.16. The highest BCUT2D eigenvalue weighted by Crippen LogP contribution is 2.29. The minimum Gasteiger partial charge on any atom is -0.433 e. The number of ether oxygens (including phenoxy) is 1. The Morgan fingerprint density at radius 1 is 1.47 bits per heavy atom. The van der Waals surface area contributed by atoms with Crippen LogP contribution in [0.1, 0.15) is 18.4 Å². The van der Waals surface area contributed by atoms with E-state index in [1.54, 1.807) is 6.92 Å². The van der Waals surface area contributed by atoms with Crippen LogP contribution >= 0.6 is 11.6 Å². The third kappa shape index (κ3) is 3.16. The van der Waals surface area contributed by atoms with Crippen molar-refractivity contribution >= 4 is 17.9 Å². The third-order valence-electron chi connectivity index (χ3n) is 1.90. The highest BCUT2D eigenvalue weighted by molar-refractivity contribution is 6.32. The van der Waals surface area contributed by atoms with Gasteiger partial charge in [-0.3, -0.25) is 0 Å². The number of aldehydes is 1. The van der Waals surface area contributed by atoms with Crippen molar-refractivity contribution in [1.82, 2.24) is 0 Å². The summed E-state index contributed by atoms with van der Waals surface area (Å²) < 4.78 is 27.9. The predicted molar refractivity (Wildman–Crippen MR) is 52.6 cm³/mol. The number of benzene rings is 1.